The first-order chi connectivity index (χ1) is 13.4. The van der Waals surface area contributed by atoms with Crippen LogP contribution in [0.5, 0.6) is 11.5 Å². The number of rotatable bonds is 4. The fraction of sp³-hybridized carbons (Fsp3) is 0.300. The Bertz CT molecular complexity index is 946. The van der Waals surface area contributed by atoms with Crippen molar-refractivity contribution in [3.63, 3.8) is 0 Å². The van der Waals surface area contributed by atoms with Gasteiger partial charge >= 0.3 is 0 Å². The molecule has 0 unspecified atom stereocenters. The number of nitrogens with zero attached hydrogens (tertiary/aromatic N) is 2. The van der Waals surface area contributed by atoms with E-state index in [1.165, 1.54) is 32.4 Å². The van der Waals surface area contributed by atoms with Crippen LogP contribution >= 0.6 is 23.2 Å². The molecule has 3 rings (SSSR count). The van der Waals surface area contributed by atoms with Crippen LogP contribution in [0.1, 0.15) is 23.7 Å². The maximum atomic E-state index is 13.0. The van der Waals surface area contributed by atoms with E-state index in [4.69, 9.17) is 32.7 Å². The molecule has 0 saturated heterocycles. The summed E-state index contributed by atoms with van der Waals surface area (Å²) in [5.41, 5.74) is 2.79. The fourth-order valence-corrected chi connectivity index (χ4v) is 3.90. The molecule has 1 amide bonds. The highest BCUT2D eigenvalue weighted by atomic mass is 35.5. The molecule has 0 atom stereocenters. The summed E-state index contributed by atoms with van der Waals surface area (Å²) in [6, 6.07) is 2.84. The number of benzene rings is 1. The highest BCUT2D eigenvalue weighted by molar-refractivity contribution is 6.37. The smallest absolute Gasteiger partial charge is 0.247 e. The summed E-state index contributed by atoms with van der Waals surface area (Å²) < 4.78 is 23.7. The summed E-state index contributed by atoms with van der Waals surface area (Å²) in [6.45, 7) is 2.54. The molecule has 5 nitrogen and oxygen atoms in total. The normalized spacial score (nSPS) is 13.9. The third-order valence-electron chi connectivity index (χ3n) is 4.67. The quantitative estimate of drug-likeness (QED) is 0.676. The molecule has 2 aromatic rings. The van der Waals surface area contributed by atoms with Crippen molar-refractivity contribution in [3.05, 3.63) is 57.1 Å². The van der Waals surface area contributed by atoms with Crippen molar-refractivity contribution in [2.75, 3.05) is 20.8 Å². The molecule has 2 heterocycles. The maximum Gasteiger partial charge on any atom is 0.247 e. The van der Waals surface area contributed by atoms with Gasteiger partial charge in [-0.15, -0.1) is 0 Å². The third kappa shape index (κ3) is 3.80. The topological polar surface area (TPSA) is 51.7 Å². The maximum absolute atomic E-state index is 13.0. The van der Waals surface area contributed by atoms with Crippen molar-refractivity contribution >= 4 is 34.7 Å². The molecule has 28 heavy (non-hydrogen) atoms. The minimum atomic E-state index is -0.425. The van der Waals surface area contributed by atoms with Crippen molar-refractivity contribution in [1.29, 1.82) is 0 Å². The van der Waals surface area contributed by atoms with Gasteiger partial charge in [0.25, 0.3) is 0 Å². The predicted molar refractivity (Wildman–Crippen MR) is 107 cm³/mol. The van der Waals surface area contributed by atoms with Gasteiger partial charge in [0.2, 0.25) is 5.91 Å². The summed E-state index contributed by atoms with van der Waals surface area (Å²) in [6.07, 6.45) is 3.15. The lowest BCUT2D eigenvalue weighted by Gasteiger charge is -2.31. The van der Waals surface area contributed by atoms with Crippen LogP contribution in [-0.4, -0.2) is 36.6 Å². The zero-order chi connectivity index (χ0) is 20.4. The minimum absolute atomic E-state index is 0.184. The molecule has 148 valence electrons. The largest absolute Gasteiger partial charge is 0.491 e. The van der Waals surface area contributed by atoms with E-state index in [-0.39, 0.29) is 5.91 Å². The molecule has 1 aliphatic rings. The van der Waals surface area contributed by atoms with E-state index < -0.39 is 5.82 Å². The molecule has 0 saturated carbocycles. The third-order valence-corrected chi connectivity index (χ3v) is 5.47. The Morgan fingerprint density at radius 2 is 1.82 bits per heavy atom. The van der Waals surface area contributed by atoms with Gasteiger partial charge in [-0.2, -0.15) is 0 Å². The molecule has 0 aliphatic carbocycles. The average Bonchev–Trinajstić information content (AvgIpc) is 2.70. The zero-order valence-corrected chi connectivity index (χ0v) is 17.2. The number of amides is 1. The number of fused-ring (bicyclic) bond motifs is 1. The number of ether oxygens (including phenoxy) is 2. The van der Waals surface area contributed by atoms with Gasteiger partial charge in [0.15, 0.2) is 11.5 Å². The zero-order valence-electron chi connectivity index (χ0n) is 15.7. The molecule has 0 fully saturated rings. The lowest BCUT2D eigenvalue weighted by molar-refractivity contribution is -0.126. The van der Waals surface area contributed by atoms with E-state index in [2.05, 4.69) is 4.98 Å². The summed E-state index contributed by atoms with van der Waals surface area (Å²) in [5.74, 6) is 0.137. The molecular formula is C20H19Cl2FN2O3. The monoisotopic (exact) mass is 424 g/mol. The van der Waals surface area contributed by atoms with Gasteiger partial charge in [-0.1, -0.05) is 23.2 Å². The lowest BCUT2D eigenvalue weighted by atomic mass is 9.98. The van der Waals surface area contributed by atoms with E-state index >= 15 is 0 Å². The molecule has 0 N–H and O–H groups in total. The Balaban J connectivity index is 1.88. The van der Waals surface area contributed by atoms with Crippen molar-refractivity contribution < 1.29 is 18.7 Å². The Hall–Kier alpha value is -2.31. The molecule has 0 spiro atoms. The van der Waals surface area contributed by atoms with E-state index in [9.17, 15) is 9.18 Å². The van der Waals surface area contributed by atoms with Crippen LogP contribution in [0, 0.1) is 5.82 Å². The van der Waals surface area contributed by atoms with Gasteiger partial charge in [0, 0.05) is 19.2 Å². The van der Waals surface area contributed by atoms with Crippen molar-refractivity contribution in [3.8, 4) is 11.5 Å². The van der Waals surface area contributed by atoms with Crippen molar-refractivity contribution in [2.45, 2.75) is 19.9 Å². The fourth-order valence-electron chi connectivity index (χ4n) is 3.19. The van der Waals surface area contributed by atoms with Gasteiger partial charge in [-0.25, -0.2) is 4.39 Å². The first kappa shape index (κ1) is 20.4. The second-order valence-corrected chi connectivity index (χ2v) is 7.11. The predicted octanol–water partition coefficient (Wildman–Crippen LogP) is 4.53. The summed E-state index contributed by atoms with van der Waals surface area (Å²) in [5, 5.41) is 0.838. The first-order valence-corrected chi connectivity index (χ1v) is 9.32. The summed E-state index contributed by atoms with van der Waals surface area (Å²) in [7, 11) is 2.99. The molecule has 0 radical (unpaired) electrons. The number of carbonyl (C=O) groups is 1. The SMILES string of the molecule is COc1c(Cl)c2c(c(Cl)c1OC)CN(C(=O)/C=C(\C)c1ccc(F)cn1)CC2. The van der Waals surface area contributed by atoms with Crippen LogP contribution in [0.3, 0.4) is 0 Å². The number of pyridine rings is 1. The van der Waals surface area contributed by atoms with Gasteiger partial charge in [-0.3, -0.25) is 9.78 Å². The van der Waals surface area contributed by atoms with Crippen LogP contribution in [0.15, 0.2) is 24.4 Å². The van der Waals surface area contributed by atoms with Gasteiger partial charge in [-0.05, 0) is 42.2 Å². The van der Waals surface area contributed by atoms with Crippen LogP contribution in [-0.2, 0) is 17.8 Å². The minimum Gasteiger partial charge on any atom is -0.491 e. The first-order valence-electron chi connectivity index (χ1n) is 8.57. The Morgan fingerprint density at radius 1 is 1.18 bits per heavy atom. The van der Waals surface area contributed by atoms with Gasteiger partial charge < -0.3 is 14.4 Å². The highest BCUT2D eigenvalue weighted by Gasteiger charge is 2.29. The van der Waals surface area contributed by atoms with Gasteiger partial charge in [0.1, 0.15) is 5.82 Å². The van der Waals surface area contributed by atoms with Gasteiger partial charge in [0.05, 0.1) is 36.2 Å². The Morgan fingerprint density at radius 3 is 2.39 bits per heavy atom. The Kier molecular flexibility index (Phi) is 6.10. The molecule has 1 aromatic heterocycles. The van der Waals surface area contributed by atoms with E-state index in [0.29, 0.717) is 52.3 Å². The number of hydrogen-bond donors (Lipinski definition) is 0. The molecule has 1 aromatic carbocycles. The summed E-state index contributed by atoms with van der Waals surface area (Å²) >= 11 is 13.0. The molecular weight excluding hydrogens is 406 g/mol. The number of aromatic nitrogens is 1. The second-order valence-electron chi connectivity index (χ2n) is 6.35. The van der Waals surface area contributed by atoms with Crippen LogP contribution in [0.2, 0.25) is 10.0 Å². The lowest BCUT2D eigenvalue weighted by Crippen LogP contribution is -2.35. The number of hydrogen-bond acceptors (Lipinski definition) is 4. The van der Waals surface area contributed by atoms with Crippen LogP contribution in [0.4, 0.5) is 4.39 Å². The number of halogens is 3. The number of methoxy groups -OCH3 is 2. The average molecular weight is 425 g/mol. The molecule has 0 bridgehead atoms. The Labute approximate surface area is 172 Å². The van der Waals surface area contributed by atoms with E-state index in [0.717, 1.165) is 17.3 Å². The van der Waals surface area contributed by atoms with Crippen LogP contribution < -0.4 is 9.47 Å². The molecule has 1 aliphatic heterocycles. The van der Waals surface area contributed by atoms with E-state index in [1.54, 1.807) is 11.8 Å². The van der Waals surface area contributed by atoms with E-state index in [1.807, 2.05) is 0 Å². The number of allylic oxidation sites excluding steroid dienone is 1. The van der Waals surface area contributed by atoms with Crippen LogP contribution in [0.25, 0.3) is 5.57 Å². The van der Waals surface area contributed by atoms with Crippen molar-refractivity contribution in [2.24, 2.45) is 0 Å². The number of carbonyl (C=O) groups excluding carboxylic acids is 1. The standard InChI is InChI=1S/C20H19Cl2FN2O3/c1-11(15-5-4-12(23)9-24-15)8-16(26)25-7-6-13-14(10-25)18(22)20(28-3)19(27-2)17(13)21/h4-5,8-9H,6-7,10H2,1-3H3/b11-8+. The van der Waals surface area contributed by atoms with Crippen molar-refractivity contribution in [1.82, 2.24) is 9.88 Å². The summed E-state index contributed by atoms with van der Waals surface area (Å²) in [4.78, 5) is 18.4. The highest BCUT2D eigenvalue weighted by Crippen LogP contribution is 2.47. The second kappa shape index (κ2) is 8.37. The molecule has 8 heteroatoms.